The fourth-order valence-electron chi connectivity index (χ4n) is 3.11. The van der Waals surface area contributed by atoms with Gasteiger partial charge in [0.15, 0.2) is 5.96 Å². The second-order valence-corrected chi connectivity index (χ2v) is 7.73. The van der Waals surface area contributed by atoms with Crippen LogP contribution >= 0.6 is 0 Å². The number of aliphatic imine (C=N–C) groups is 1. The fourth-order valence-corrected chi connectivity index (χ4v) is 3.11. The average Bonchev–Trinajstić information content (AvgIpc) is 2.77. The van der Waals surface area contributed by atoms with Gasteiger partial charge in [-0.1, -0.05) is 24.3 Å². The van der Waals surface area contributed by atoms with Crippen LogP contribution in [0.25, 0.3) is 0 Å². The quantitative estimate of drug-likeness (QED) is 0.503. The number of nitrogens with one attached hydrogen (secondary N) is 2. The van der Waals surface area contributed by atoms with E-state index in [-0.39, 0.29) is 11.8 Å². The van der Waals surface area contributed by atoms with Gasteiger partial charge < -0.3 is 20.4 Å². The number of carbonyl (C=O) groups is 2. The van der Waals surface area contributed by atoms with E-state index in [1.165, 1.54) is 0 Å². The Bertz CT molecular complexity index is 850. The Kier molecular flexibility index (Phi) is 9.06. The lowest BCUT2D eigenvalue weighted by Gasteiger charge is -2.14. The molecule has 0 bridgehead atoms. The lowest BCUT2D eigenvalue weighted by Crippen LogP contribution is -2.39. The van der Waals surface area contributed by atoms with Crippen LogP contribution in [0, 0.1) is 0 Å². The van der Waals surface area contributed by atoms with Gasteiger partial charge in [0.05, 0.1) is 0 Å². The summed E-state index contributed by atoms with van der Waals surface area (Å²) >= 11 is 0. The summed E-state index contributed by atoms with van der Waals surface area (Å²) in [6.45, 7) is 1.40. The molecule has 31 heavy (non-hydrogen) atoms. The minimum Gasteiger partial charge on any atom is -0.356 e. The number of benzene rings is 2. The molecule has 7 heteroatoms. The Morgan fingerprint density at radius 3 is 1.55 bits per heavy atom. The zero-order chi connectivity index (χ0) is 22.8. The van der Waals surface area contributed by atoms with Crippen molar-refractivity contribution in [2.75, 3.05) is 48.3 Å². The Balaban J connectivity index is 1.81. The molecule has 2 N–H and O–H groups in total. The lowest BCUT2D eigenvalue weighted by atomic mass is 10.1. The fraction of sp³-hybridized carbons (Fsp3) is 0.375. The maximum atomic E-state index is 12.1. The standard InChI is InChI=1S/C24H33N5O2/c1-25-24(26-14-12-18-8-6-10-20(16-18)22(30)28(2)3)27-15-13-19-9-7-11-21(17-19)23(31)29(4)5/h6-11,16-17H,12-15H2,1-5H3,(H2,25,26,27). The van der Waals surface area contributed by atoms with E-state index in [1.807, 2.05) is 48.5 Å². The zero-order valence-electron chi connectivity index (χ0n) is 19.1. The molecule has 0 radical (unpaired) electrons. The van der Waals surface area contributed by atoms with Gasteiger partial charge in [-0.3, -0.25) is 14.6 Å². The molecular weight excluding hydrogens is 390 g/mol. The molecular formula is C24H33N5O2. The molecule has 2 amide bonds. The summed E-state index contributed by atoms with van der Waals surface area (Å²) < 4.78 is 0. The first-order valence-electron chi connectivity index (χ1n) is 10.4. The highest BCUT2D eigenvalue weighted by atomic mass is 16.2. The lowest BCUT2D eigenvalue weighted by molar-refractivity contribution is 0.0820. The Labute approximate surface area is 185 Å². The molecule has 0 saturated heterocycles. The number of hydrogen-bond donors (Lipinski definition) is 2. The van der Waals surface area contributed by atoms with E-state index in [0.29, 0.717) is 24.2 Å². The number of guanidine groups is 1. The molecule has 0 fully saturated rings. The largest absolute Gasteiger partial charge is 0.356 e. The Hall–Kier alpha value is -3.35. The molecule has 0 aliphatic carbocycles. The number of carbonyl (C=O) groups excluding carboxylic acids is 2. The molecule has 0 spiro atoms. The van der Waals surface area contributed by atoms with Crippen molar-refractivity contribution < 1.29 is 9.59 Å². The van der Waals surface area contributed by atoms with Gasteiger partial charge in [-0.15, -0.1) is 0 Å². The SMILES string of the molecule is CN=C(NCCc1cccc(C(=O)N(C)C)c1)NCCc1cccc(C(=O)N(C)C)c1. The third kappa shape index (κ3) is 7.44. The molecule has 166 valence electrons. The van der Waals surface area contributed by atoms with Crippen LogP contribution in [0.3, 0.4) is 0 Å². The second-order valence-electron chi connectivity index (χ2n) is 7.73. The summed E-state index contributed by atoms with van der Waals surface area (Å²) in [6, 6.07) is 15.4. The number of nitrogens with zero attached hydrogens (tertiary/aromatic N) is 3. The maximum Gasteiger partial charge on any atom is 0.253 e. The molecule has 2 aromatic rings. The van der Waals surface area contributed by atoms with Crippen molar-refractivity contribution in [1.82, 2.24) is 20.4 Å². The smallest absolute Gasteiger partial charge is 0.253 e. The van der Waals surface area contributed by atoms with Gasteiger partial charge in [0, 0.05) is 59.5 Å². The summed E-state index contributed by atoms with van der Waals surface area (Å²) in [5, 5.41) is 6.61. The van der Waals surface area contributed by atoms with Crippen molar-refractivity contribution in [3.8, 4) is 0 Å². The normalized spacial score (nSPS) is 10.2. The summed E-state index contributed by atoms with van der Waals surface area (Å²) in [5.41, 5.74) is 3.58. The number of rotatable bonds is 8. The van der Waals surface area contributed by atoms with Crippen LogP contribution in [0.15, 0.2) is 53.5 Å². The van der Waals surface area contributed by atoms with E-state index in [9.17, 15) is 9.59 Å². The van der Waals surface area contributed by atoms with Crippen molar-refractivity contribution in [3.05, 3.63) is 70.8 Å². The second kappa shape index (κ2) is 11.7. The van der Waals surface area contributed by atoms with Gasteiger partial charge in [-0.25, -0.2) is 0 Å². The first-order valence-corrected chi connectivity index (χ1v) is 10.4. The van der Waals surface area contributed by atoms with E-state index >= 15 is 0 Å². The maximum absolute atomic E-state index is 12.1. The van der Waals surface area contributed by atoms with Crippen LogP contribution in [-0.4, -0.2) is 75.9 Å². The first kappa shape index (κ1) is 23.9. The van der Waals surface area contributed by atoms with Crippen LogP contribution in [0.4, 0.5) is 0 Å². The Morgan fingerprint density at radius 1 is 0.774 bits per heavy atom. The van der Waals surface area contributed by atoms with E-state index < -0.39 is 0 Å². The highest BCUT2D eigenvalue weighted by Crippen LogP contribution is 2.09. The van der Waals surface area contributed by atoms with Crippen LogP contribution in [0.1, 0.15) is 31.8 Å². The highest BCUT2D eigenvalue weighted by Gasteiger charge is 2.09. The molecule has 7 nitrogen and oxygen atoms in total. The first-order chi connectivity index (χ1) is 14.8. The Morgan fingerprint density at radius 2 is 1.19 bits per heavy atom. The molecule has 0 heterocycles. The van der Waals surface area contributed by atoms with Gasteiger partial charge >= 0.3 is 0 Å². The van der Waals surface area contributed by atoms with Gasteiger partial charge in [0.1, 0.15) is 0 Å². The van der Waals surface area contributed by atoms with E-state index in [0.717, 1.165) is 29.9 Å². The third-order valence-electron chi connectivity index (χ3n) is 4.80. The van der Waals surface area contributed by atoms with Crippen LogP contribution in [0.2, 0.25) is 0 Å². The number of amides is 2. The minimum absolute atomic E-state index is 0.00337. The predicted octanol–water partition coefficient (Wildman–Crippen LogP) is 2.04. The topological polar surface area (TPSA) is 77.0 Å². The van der Waals surface area contributed by atoms with Crippen LogP contribution in [0.5, 0.6) is 0 Å². The van der Waals surface area contributed by atoms with Gasteiger partial charge in [0.25, 0.3) is 11.8 Å². The van der Waals surface area contributed by atoms with Gasteiger partial charge in [0.2, 0.25) is 0 Å². The average molecular weight is 424 g/mol. The predicted molar refractivity (Wildman–Crippen MR) is 126 cm³/mol. The minimum atomic E-state index is 0.00337. The molecule has 2 aromatic carbocycles. The van der Waals surface area contributed by atoms with Crippen molar-refractivity contribution in [2.45, 2.75) is 12.8 Å². The summed E-state index contributed by atoms with van der Waals surface area (Å²) in [5.74, 6) is 0.730. The highest BCUT2D eigenvalue weighted by molar-refractivity contribution is 5.94. The van der Waals surface area contributed by atoms with Gasteiger partial charge in [-0.05, 0) is 48.2 Å². The van der Waals surface area contributed by atoms with Crippen molar-refractivity contribution in [1.29, 1.82) is 0 Å². The van der Waals surface area contributed by atoms with Crippen molar-refractivity contribution in [2.24, 2.45) is 4.99 Å². The van der Waals surface area contributed by atoms with Crippen molar-refractivity contribution in [3.63, 3.8) is 0 Å². The summed E-state index contributed by atoms with van der Waals surface area (Å²) in [4.78, 5) is 31.6. The van der Waals surface area contributed by atoms with E-state index in [4.69, 9.17) is 0 Å². The van der Waals surface area contributed by atoms with Crippen LogP contribution < -0.4 is 10.6 Å². The van der Waals surface area contributed by atoms with E-state index in [1.54, 1.807) is 45.0 Å². The number of hydrogen-bond acceptors (Lipinski definition) is 3. The molecule has 2 rings (SSSR count). The van der Waals surface area contributed by atoms with Crippen LogP contribution in [-0.2, 0) is 12.8 Å². The molecule has 0 aliphatic heterocycles. The third-order valence-corrected chi connectivity index (χ3v) is 4.80. The molecule has 0 unspecified atom stereocenters. The molecule has 0 atom stereocenters. The monoisotopic (exact) mass is 423 g/mol. The molecule has 0 saturated carbocycles. The summed E-state index contributed by atoms with van der Waals surface area (Å²) in [6.07, 6.45) is 1.56. The van der Waals surface area contributed by atoms with E-state index in [2.05, 4.69) is 15.6 Å². The van der Waals surface area contributed by atoms with Crippen molar-refractivity contribution >= 4 is 17.8 Å². The summed E-state index contributed by atoms with van der Waals surface area (Å²) in [7, 11) is 8.75. The molecule has 0 aliphatic rings. The zero-order valence-corrected chi connectivity index (χ0v) is 19.1. The molecule has 0 aromatic heterocycles. The van der Waals surface area contributed by atoms with Gasteiger partial charge in [-0.2, -0.15) is 0 Å².